The lowest BCUT2D eigenvalue weighted by Crippen LogP contribution is -2.01. The lowest BCUT2D eigenvalue weighted by Gasteiger charge is -2.16. The van der Waals surface area contributed by atoms with Gasteiger partial charge in [0.05, 0.1) is 14.2 Å². The Morgan fingerprint density at radius 1 is 0.760 bits per heavy atom. The summed E-state index contributed by atoms with van der Waals surface area (Å²) >= 11 is 0. The van der Waals surface area contributed by atoms with Crippen LogP contribution in [0.1, 0.15) is 22.3 Å². The molecular weight excluding hydrogens is 316 g/mol. The van der Waals surface area contributed by atoms with Crippen LogP contribution in [-0.4, -0.2) is 24.4 Å². The number of rotatable bonds is 8. The van der Waals surface area contributed by atoms with Crippen LogP contribution in [0, 0.1) is 0 Å². The van der Waals surface area contributed by atoms with Crippen molar-refractivity contribution in [2.45, 2.75) is 19.3 Å². The molecule has 0 bridgehead atoms. The van der Waals surface area contributed by atoms with E-state index in [0.29, 0.717) is 30.8 Å². The zero-order valence-electron chi connectivity index (χ0n) is 14.7. The monoisotopic (exact) mass is 340 g/mol. The molecule has 0 amide bonds. The first-order chi connectivity index (χ1) is 12.0. The number of methoxy groups -OCH3 is 2. The van der Waals surface area contributed by atoms with Crippen LogP contribution < -0.4 is 9.47 Å². The topological polar surface area (TPSA) is 58.9 Å². The number of benzene rings is 2. The number of allylic oxidation sites excluding steroid dienone is 2. The van der Waals surface area contributed by atoms with Gasteiger partial charge in [0, 0.05) is 0 Å². The normalized spacial score (nSPS) is 10.3. The SMILES string of the molecule is C=CCc1cc(OC)c(O)cc1Cc1cc(O)c(OC)cc1CC=C. The van der Waals surface area contributed by atoms with Gasteiger partial charge in [-0.05, 0) is 65.8 Å². The molecule has 0 aliphatic rings. The van der Waals surface area contributed by atoms with Crippen molar-refractivity contribution in [1.82, 2.24) is 0 Å². The highest BCUT2D eigenvalue weighted by molar-refractivity contribution is 5.52. The van der Waals surface area contributed by atoms with Gasteiger partial charge in [0.2, 0.25) is 0 Å². The molecule has 0 radical (unpaired) electrons. The molecule has 4 nitrogen and oxygen atoms in total. The Bertz CT molecular complexity index is 712. The number of aromatic hydroxyl groups is 2. The first kappa shape index (κ1) is 18.5. The lowest BCUT2D eigenvalue weighted by atomic mass is 9.93. The van der Waals surface area contributed by atoms with Gasteiger partial charge in [-0.25, -0.2) is 0 Å². The van der Waals surface area contributed by atoms with E-state index < -0.39 is 0 Å². The molecule has 0 saturated carbocycles. The average Bonchev–Trinajstić information content (AvgIpc) is 2.59. The van der Waals surface area contributed by atoms with E-state index in [9.17, 15) is 10.2 Å². The molecule has 0 atom stereocenters. The second-order valence-electron chi connectivity index (χ2n) is 5.75. The van der Waals surface area contributed by atoms with E-state index in [-0.39, 0.29) is 11.5 Å². The van der Waals surface area contributed by atoms with Crippen molar-refractivity contribution in [1.29, 1.82) is 0 Å². The molecule has 0 unspecified atom stereocenters. The van der Waals surface area contributed by atoms with Crippen LogP contribution in [0.15, 0.2) is 49.6 Å². The molecule has 0 aromatic heterocycles. The minimum Gasteiger partial charge on any atom is -0.504 e. The highest BCUT2D eigenvalue weighted by atomic mass is 16.5. The molecule has 0 saturated heterocycles. The maximum absolute atomic E-state index is 10.1. The summed E-state index contributed by atoms with van der Waals surface area (Å²) in [6, 6.07) is 7.05. The average molecular weight is 340 g/mol. The van der Waals surface area contributed by atoms with Crippen molar-refractivity contribution in [3.8, 4) is 23.0 Å². The molecule has 2 N–H and O–H groups in total. The molecule has 0 aliphatic carbocycles. The second kappa shape index (κ2) is 8.29. The Morgan fingerprint density at radius 3 is 1.48 bits per heavy atom. The van der Waals surface area contributed by atoms with Gasteiger partial charge in [-0.2, -0.15) is 0 Å². The summed E-state index contributed by atoms with van der Waals surface area (Å²) in [6.07, 6.45) is 5.49. The summed E-state index contributed by atoms with van der Waals surface area (Å²) in [5.74, 6) is 1.05. The molecular formula is C21H24O4. The smallest absolute Gasteiger partial charge is 0.160 e. The van der Waals surface area contributed by atoms with Crippen LogP contribution in [-0.2, 0) is 19.3 Å². The zero-order valence-corrected chi connectivity index (χ0v) is 14.7. The van der Waals surface area contributed by atoms with Crippen LogP contribution in [0.5, 0.6) is 23.0 Å². The Labute approximate surface area is 148 Å². The van der Waals surface area contributed by atoms with Crippen LogP contribution in [0.3, 0.4) is 0 Å². The van der Waals surface area contributed by atoms with Crippen LogP contribution in [0.2, 0.25) is 0 Å². The molecule has 4 heteroatoms. The van der Waals surface area contributed by atoms with Gasteiger partial charge in [0.1, 0.15) is 0 Å². The summed E-state index contributed by atoms with van der Waals surface area (Å²) in [5, 5.41) is 20.3. The Hall–Kier alpha value is -2.88. The first-order valence-corrected chi connectivity index (χ1v) is 8.03. The highest BCUT2D eigenvalue weighted by Crippen LogP contribution is 2.34. The predicted octanol–water partition coefficient (Wildman–Crippen LogP) is 4.16. The molecule has 2 aromatic rings. The largest absolute Gasteiger partial charge is 0.504 e. The number of hydrogen-bond acceptors (Lipinski definition) is 4. The lowest BCUT2D eigenvalue weighted by molar-refractivity contribution is 0.372. The van der Waals surface area contributed by atoms with Crippen LogP contribution >= 0.6 is 0 Å². The van der Waals surface area contributed by atoms with E-state index in [1.165, 1.54) is 14.2 Å². The molecule has 0 heterocycles. The second-order valence-corrected chi connectivity index (χ2v) is 5.75. The van der Waals surface area contributed by atoms with Crippen molar-refractivity contribution in [2.24, 2.45) is 0 Å². The van der Waals surface area contributed by atoms with Gasteiger partial charge in [-0.15, -0.1) is 13.2 Å². The van der Waals surface area contributed by atoms with Gasteiger partial charge in [-0.3, -0.25) is 0 Å². The maximum Gasteiger partial charge on any atom is 0.160 e. The van der Waals surface area contributed by atoms with Gasteiger partial charge in [-0.1, -0.05) is 12.2 Å². The summed E-state index contributed by atoms with van der Waals surface area (Å²) in [7, 11) is 3.05. The van der Waals surface area contributed by atoms with Crippen molar-refractivity contribution in [3.05, 3.63) is 71.8 Å². The van der Waals surface area contributed by atoms with Gasteiger partial charge in [0.15, 0.2) is 23.0 Å². The van der Waals surface area contributed by atoms with Gasteiger partial charge in [0.25, 0.3) is 0 Å². The summed E-state index contributed by atoms with van der Waals surface area (Å²) in [6.45, 7) is 7.59. The number of phenols is 2. The Balaban J connectivity index is 2.51. The predicted molar refractivity (Wildman–Crippen MR) is 99.9 cm³/mol. The standard InChI is InChI=1S/C21H24O4/c1-5-7-14-12-20(24-3)18(22)10-16(14)9-17-11-19(23)21(25-4)13-15(17)8-6-2/h5-6,10-13,22-23H,1-2,7-9H2,3-4H3. The summed E-state index contributed by atoms with van der Waals surface area (Å²) < 4.78 is 10.4. The summed E-state index contributed by atoms with van der Waals surface area (Å²) in [4.78, 5) is 0. The molecule has 132 valence electrons. The zero-order chi connectivity index (χ0) is 18.4. The molecule has 0 fully saturated rings. The van der Waals surface area contributed by atoms with Crippen LogP contribution in [0.4, 0.5) is 0 Å². The Morgan fingerprint density at radius 2 is 1.16 bits per heavy atom. The molecule has 0 spiro atoms. The Kier molecular flexibility index (Phi) is 6.12. The third kappa shape index (κ3) is 4.15. The minimum atomic E-state index is 0.0910. The fourth-order valence-corrected chi connectivity index (χ4v) is 2.86. The molecule has 2 rings (SSSR count). The van der Waals surface area contributed by atoms with E-state index in [1.807, 2.05) is 24.3 Å². The van der Waals surface area contributed by atoms with E-state index in [4.69, 9.17) is 9.47 Å². The van der Waals surface area contributed by atoms with Gasteiger partial charge >= 0.3 is 0 Å². The quantitative estimate of drug-likeness (QED) is 0.708. The highest BCUT2D eigenvalue weighted by Gasteiger charge is 2.14. The van der Waals surface area contributed by atoms with Gasteiger partial charge < -0.3 is 19.7 Å². The number of phenolic OH excluding ortho intramolecular Hbond substituents is 2. The maximum atomic E-state index is 10.1. The molecule has 25 heavy (non-hydrogen) atoms. The fraction of sp³-hybridized carbons (Fsp3) is 0.238. The number of hydrogen-bond donors (Lipinski definition) is 2. The van der Waals surface area contributed by atoms with E-state index in [0.717, 1.165) is 22.3 Å². The van der Waals surface area contributed by atoms with Crippen molar-refractivity contribution >= 4 is 0 Å². The third-order valence-electron chi connectivity index (χ3n) is 4.11. The fourth-order valence-electron chi connectivity index (χ4n) is 2.86. The van der Waals surface area contributed by atoms with E-state index >= 15 is 0 Å². The minimum absolute atomic E-state index is 0.0910. The first-order valence-electron chi connectivity index (χ1n) is 8.03. The number of ether oxygens (including phenoxy) is 2. The van der Waals surface area contributed by atoms with E-state index in [2.05, 4.69) is 13.2 Å². The van der Waals surface area contributed by atoms with Crippen molar-refractivity contribution in [3.63, 3.8) is 0 Å². The van der Waals surface area contributed by atoms with E-state index in [1.54, 1.807) is 12.1 Å². The molecule has 0 aliphatic heterocycles. The third-order valence-corrected chi connectivity index (χ3v) is 4.11. The van der Waals surface area contributed by atoms with Crippen LogP contribution in [0.25, 0.3) is 0 Å². The van der Waals surface area contributed by atoms with Crippen molar-refractivity contribution in [2.75, 3.05) is 14.2 Å². The van der Waals surface area contributed by atoms with Crippen molar-refractivity contribution < 1.29 is 19.7 Å². The molecule has 2 aromatic carbocycles. The summed E-state index contributed by atoms with van der Waals surface area (Å²) in [5.41, 5.74) is 3.94.